The van der Waals surface area contributed by atoms with E-state index in [9.17, 15) is 18.8 Å². The van der Waals surface area contributed by atoms with Gasteiger partial charge in [0, 0.05) is 23.1 Å². The average Bonchev–Trinajstić information content (AvgIpc) is 3.39. The first-order chi connectivity index (χ1) is 14.4. The van der Waals surface area contributed by atoms with Gasteiger partial charge in [-0.25, -0.2) is 4.39 Å². The molecule has 1 aromatic carbocycles. The Morgan fingerprint density at radius 2 is 1.77 bits per heavy atom. The van der Waals surface area contributed by atoms with Gasteiger partial charge in [0.25, 0.3) is 0 Å². The van der Waals surface area contributed by atoms with Crippen molar-refractivity contribution in [2.45, 2.75) is 25.8 Å². The van der Waals surface area contributed by atoms with E-state index in [2.05, 4.69) is 43.5 Å². The van der Waals surface area contributed by atoms with Crippen LogP contribution >= 0.6 is 15.9 Å². The van der Waals surface area contributed by atoms with Crippen molar-refractivity contribution >= 4 is 33.7 Å². The SMILES string of the molecule is COC(=O)CCNC(=O)[C@H]1[C@H](C(=O)NCc2ccc(Br)cc2F)[C@@H]2C=C[C@H]1C21CC1. The average molecular weight is 479 g/mol. The molecule has 3 aliphatic carbocycles. The van der Waals surface area contributed by atoms with Crippen molar-refractivity contribution in [2.24, 2.45) is 29.1 Å². The van der Waals surface area contributed by atoms with Crippen molar-refractivity contribution in [3.63, 3.8) is 0 Å². The highest BCUT2D eigenvalue weighted by molar-refractivity contribution is 9.10. The molecule has 2 N–H and O–H groups in total. The minimum atomic E-state index is -0.487. The zero-order valence-corrected chi connectivity index (χ0v) is 18.2. The molecule has 1 aromatic rings. The molecule has 6 nitrogen and oxygen atoms in total. The van der Waals surface area contributed by atoms with E-state index in [1.165, 1.54) is 13.2 Å². The van der Waals surface area contributed by atoms with E-state index in [0.717, 1.165) is 12.8 Å². The number of hydrogen-bond donors (Lipinski definition) is 2. The van der Waals surface area contributed by atoms with Crippen LogP contribution in [0.15, 0.2) is 34.8 Å². The maximum absolute atomic E-state index is 14.1. The van der Waals surface area contributed by atoms with E-state index < -0.39 is 23.6 Å². The van der Waals surface area contributed by atoms with Gasteiger partial charge in [0.2, 0.25) is 11.8 Å². The van der Waals surface area contributed by atoms with E-state index in [-0.39, 0.29) is 48.6 Å². The zero-order chi connectivity index (χ0) is 21.5. The first-order valence-corrected chi connectivity index (χ1v) is 10.9. The monoisotopic (exact) mass is 478 g/mol. The summed E-state index contributed by atoms with van der Waals surface area (Å²) in [6.07, 6.45) is 6.24. The summed E-state index contributed by atoms with van der Waals surface area (Å²) in [5, 5.41) is 5.63. The molecule has 0 heterocycles. The van der Waals surface area contributed by atoms with Crippen molar-refractivity contribution in [3.05, 3.63) is 46.2 Å². The predicted octanol–water partition coefficient (Wildman–Crippen LogP) is 2.71. The van der Waals surface area contributed by atoms with E-state index in [1.54, 1.807) is 12.1 Å². The fraction of sp³-hybridized carbons (Fsp3) is 0.500. The summed E-state index contributed by atoms with van der Waals surface area (Å²) < 4.78 is 19.3. The number of halogens is 2. The minimum absolute atomic E-state index is 0.00915. The number of methoxy groups -OCH3 is 1. The molecule has 8 heteroatoms. The van der Waals surface area contributed by atoms with Gasteiger partial charge in [-0.1, -0.05) is 34.1 Å². The van der Waals surface area contributed by atoms with Crippen LogP contribution in [0.4, 0.5) is 4.39 Å². The lowest BCUT2D eigenvalue weighted by Crippen LogP contribution is -2.44. The molecule has 1 spiro atoms. The Kier molecular flexibility index (Phi) is 5.70. The molecule has 0 aromatic heterocycles. The molecule has 0 saturated heterocycles. The van der Waals surface area contributed by atoms with Gasteiger partial charge in [0.1, 0.15) is 5.82 Å². The third-order valence-corrected chi connectivity index (χ3v) is 7.26. The van der Waals surface area contributed by atoms with Crippen LogP contribution in [-0.4, -0.2) is 31.4 Å². The summed E-state index contributed by atoms with van der Waals surface area (Å²) in [6.45, 7) is 0.244. The Hall–Kier alpha value is -2.22. The molecule has 30 heavy (non-hydrogen) atoms. The highest BCUT2D eigenvalue weighted by atomic mass is 79.9. The Labute approximate surface area is 182 Å². The number of esters is 1. The van der Waals surface area contributed by atoms with E-state index in [4.69, 9.17) is 0 Å². The molecule has 2 amide bonds. The number of carbonyl (C=O) groups is 3. The van der Waals surface area contributed by atoms with Crippen LogP contribution in [-0.2, 0) is 25.7 Å². The normalized spacial score (nSPS) is 27.2. The van der Waals surface area contributed by atoms with Crippen molar-refractivity contribution in [3.8, 4) is 0 Å². The first kappa shape index (κ1) is 21.0. The second-order valence-electron chi connectivity index (χ2n) is 8.29. The van der Waals surface area contributed by atoms with Crippen LogP contribution in [0.5, 0.6) is 0 Å². The highest BCUT2D eigenvalue weighted by Gasteiger charge is 2.69. The molecule has 4 rings (SSSR count). The number of allylic oxidation sites excluding steroid dienone is 2. The highest BCUT2D eigenvalue weighted by Crippen LogP contribution is 2.72. The smallest absolute Gasteiger partial charge is 0.307 e. The maximum atomic E-state index is 14.1. The van der Waals surface area contributed by atoms with Gasteiger partial charge in [0.15, 0.2) is 0 Å². The van der Waals surface area contributed by atoms with E-state index in [0.29, 0.717) is 10.0 Å². The second kappa shape index (κ2) is 8.13. The lowest BCUT2D eigenvalue weighted by molar-refractivity contribution is -0.141. The van der Waals surface area contributed by atoms with Gasteiger partial charge in [-0.2, -0.15) is 0 Å². The Morgan fingerprint density at radius 3 is 2.33 bits per heavy atom. The molecular formula is C22H24BrFN2O4. The number of nitrogens with one attached hydrogen (secondary N) is 2. The molecule has 0 unspecified atom stereocenters. The molecule has 2 saturated carbocycles. The van der Waals surface area contributed by atoms with Gasteiger partial charge >= 0.3 is 5.97 Å². The number of ether oxygens (including phenoxy) is 1. The third kappa shape index (κ3) is 3.66. The Bertz CT molecular complexity index is 914. The number of amides is 2. The second-order valence-corrected chi connectivity index (χ2v) is 9.21. The third-order valence-electron chi connectivity index (χ3n) is 6.77. The predicted molar refractivity (Wildman–Crippen MR) is 110 cm³/mol. The van der Waals surface area contributed by atoms with Crippen molar-refractivity contribution in [1.29, 1.82) is 0 Å². The molecule has 2 bridgehead atoms. The van der Waals surface area contributed by atoms with Gasteiger partial charge in [-0.3, -0.25) is 14.4 Å². The minimum Gasteiger partial charge on any atom is -0.469 e. The van der Waals surface area contributed by atoms with E-state index in [1.807, 2.05) is 0 Å². The molecular weight excluding hydrogens is 455 g/mol. The largest absolute Gasteiger partial charge is 0.469 e. The summed E-state index contributed by atoms with van der Waals surface area (Å²) in [7, 11) is 1.30. The van der Waals surface area contributed by atoms with Crippen LogP contribution in [0.1, 0.15) is 24.8 Å². The molecule has 0 radical (unpaired) electrons. The van der Waals surface area contributed by atoms with Gasteiger partial charge in [-0.05, 0) is 42.2 Å². The standard InChI is InChI=1S/C22H24BrFN2O4/c1-30-17(27)6-9-25-20(28)18-14-4-5-15(22(14)7-8-22)19(18)21(29)26-11-12-2-3-13(23)10-16(12)24/h2-5,10,14-15,18-19H,6-9,11H2,1H3,(H,25,28)(H,26,29)/t14-,15+,18-,19-/m1/s1. The van der Waals surface area contributed by atoms with Crippen LogP contribution < -0.4 is 10.6 Å². The Balaban J connectivity index is 1.45. The van der Waals surface area contributed by atoms with Crippen LogP contribution in [0, 0.1) is 34.9 Å². The first-order valence-electron chi connectivity index (χ1n) is 10.1. The quantitative estimate of drug-likeness (QED) is 0.466. The van der Waals surface area contributed by atoms with Gasteiger partial charge in [-0.15, -0.1) is 0 Å². The molecule has 2 fully saturated rings. The van der Waals surface area contributed by atoms with E-state index >= 15 is 0 Å². The van der Waals surface area contributed by atoms with Gasteiger partial charge < -0.3 is 15.4 Å². The number of hydrogen-bond acceptors (Lipinski definition) is 4. The number of benzene rings is 1. The number of rotatable bonds is 7. The lowest BCUT2D eigenvalue weighted by Gasteiger charge is -2.26. The summed E-state index contributed by atoms with van der Waals surface area (Å²) >= 11 is 3.22. The van der Waals surface area contributed by atoms with Crippen molar-refractivity contribution < 1.29 is 23.5 Å². The summed E-state index contributed by atoms with van der Waals surface area (Å²) in [4.78, 5) is 37.4. The van der Waals surface area contributed by atoms with Gasteiger partial charge in [0.05, 0.1) is 25.4 Å². The molecule has 160 valence electrons. The summed E-state index contributed by atoms with van der Waals surface area (Å²) in [5.74, 6) is -2.14. The molecule has 4 atom stereocenters. The van der Waals surface area contributed by atoms with Crippen molar-refractivity contribution in [1.82, 2.24) is 10.6 Å². The Morgan fingerprint density at radius 1 is 1.13 bits per heavy atom. The fourth-order valence-corrected chi connectivity index (χ4v) is 5.52. The lowest BCUT2D eigenvalue weighted by atomic mass is 9.81. The topological polar surface area (TPSA) is 84.5 Å². The van der Waals surface area contributed by atoms with Crippen LogP contribution in [0.2, 0.25) is 0 Å². The number of carbonyl (C=O) groups excluding carboxylic acids is 3. The zero-order valence-electron chi connectivity index (χ0n) is 16.6. The van der Waals surface area contributed by atoms with Crippen molar-refractivity contribution in [2.75, 3.05) is 13.7 Å². The molecule has 3 aliphatic rings. The van der Waals surface area contributed by atoms with Crippen LogP contribution in [0.3, 0.4) is 0 Å². The summed E-state index contributed by atoms with van der Waals surface area (Å²) in [6, 6.07) is 4.71. The maximum Gasteiger partial charge on any atom is 0.307 e. The van der Waals surface area contributed by atoms with Crippen LogP contribution in [0.25, 0.3) is 0 Å². The fourth-order valence-electron chi connectivity index (χ4n) is 5.18. The summed E-state index contributed by atoms with van der Waals surface area (Å²) in [5.41, 5.74) is 0.403. The molecule has 0 aliphatic heterocycles.